The number of halogens is 4. The highest BCUT2D eigenvalue weighted by molar-refractivity contribution is 14.1. The van der Waals surface area contributed by atoms with E-state index in [9.17, 15) is 79.4 Å². The maximum atomic E-state index is 14.4. The molecule has 5 aliphatic heterocycles. The topological polar surface area (TPSA) is 569 Å². The van der Waals surface area contributed by atoms with E-state index in [1.807, 2.05) is 22.6 Å². The summed E-state index contributed by atoms with van der Waals surface area (Å²) in [4.78, 5) is 113. The quantitative estimate of drug-likeness (QED) is 0.0224. The molecule has 5 fully saturated rings. The monoisotopic (exact) mass is 2060 g/mol. The van der Waals surface area contributed by atoms with E-state index >= 15 is 0 Å². The molecule has 0 aromatic carbocycles. The number of aliphatic hydroxyl groups is 10. The molecule has 0 spiro atoms. The van der Waals surface area contributed by atoms with Crippen LogP contribution in [0.25, 0.3) is 55.8 Å². The van der Waals surface area contributed by atoms with Crippen LogP contribution in [0.15, 0.2) is 28.7 Å². The minimum atomic E-state index is -1.36. The molecule has 5 aliphatic rings. The number of fused-ring (bicyclic) bond motifs is 5. The zero-order chi connectivity index (χ0) is 92.6. The van der Waals surface area contributed by atoms with Gasteiger partial charge in [-0.2, -0.15) is 9.37 Å². The summed E-state index contributed by atoms with van der Waals surface area (Å²) in [7, 11) is 0. The lowest BCUT2D eigenvalue weighted by Crippen LogP contribution is -2.32. The molecule has 50 heteroatoms. The molecule has 0 saturated carbocycles. The van der Waals surface area contributed by atoms with Gasteiger partial charge in [0, 0.05) is 22.6 Å². The van der Waals surface area contributed by atoms with Crippen LogP contribution in [-0.2, 0) is 23.7 Å². The van der Waals surface area contributed by atoms with Crippen LogP contribution >= 0.6 is 96.8 Å². The average molecular weight is 2060 g/mol. The minimum absolute atomic E-state index is 0.0272. The summed E-state index contributed by atoms with van der Waals surface area (Å²) in [6, 6.07) is 0. The van der Waals surface area contributed by atoms with E-state index in [4.69, 9.17) is 47.5 Å². The van der Waals surface area contributed by atoms with Gasteiger partial charge in [0.05, 0.1) is 30.5 Å². The van der Waals surface area contributed by atoms with Crippen LogP contribution in [0.2, 0.25) is 5.28 Å². The zero-order valence-electron chi connectivity index (χ0n) is 71.6. The first-order chi connectivity index (χ1) is 57.9. The predicted octanol–water partition coefficient (Wildman–Crippen LogP) is 3.55. The van der Waals surface area contributed by atoms with Gasteiger partial charge in [0.25, 0.3) is 33.9 Å². The van der Waals surface area contributed by atoms with Crippen LogP contribution in [0, 0.1) is 49.3 Å². The van der Waals surface area contributed by atoms with Gasteiger partial charge in [0.1, 0.15) is 90.2 Å². The second-order valence-corrected chi connectivity index (χ2v) is 59.4. The van der Waals surface area contributed by atoms with Gasteiger partial charge < -0.3 is 105 Å². The van der Waals surface area contributed by atoms with E-state index in [2.05, 4.69) is 189 Å². The lowest BCUT2D eigenvalue weighted by atomic mass is 10.1. The predicted molar refractivity (Wildman–Crippen MR) is 504 cm³/mol. The Kier molecular flexibility index (Phi) is 31.2. The summed E-state index contributed by atoms with van der Waals surface area (Å²) >= 11 is 16.7. The van der Waals surface area contributed by atoms with E-state index in [0.29, 0.717) is 80.9 Å². The van der Waals surface area contributed by atoms with Crippen LogP contribution < -0.4 is 27.8 Å². The summed E-state index contributed by atoms with van der Waals surface area (Å²) in [5, 5.41) is 104. The van der Waals surface area contributed by atoms with Gasteiger partial charge in [0.15, 0.2) is 100 Å². The summed E-state index contributed by atoms with van der Waals surface area (Å²) in [5.74, 6) is 1.98. The number of hydrogen-bond donors (Lipinski definition) is 16. The van der Waals surface area contributed by atoms with E-state index in [0.717, 1.165) is 35.4 Å². The normalized spacial score (nSPS) is 27.3. The van der Waals surface area contributed by atoms with Crippen molar-refractivity contribution >= 4 is 184 Å². The summed E-state index contributed by atoms with van der Waals surface area (Å²) in [6.07, 6.45) is 7.99. The molecule has 690 valence electrons. The molecular weight excluding hydrogens is 1950 g/mol. The Labute approximate surface area is 748 Å². The van der Waals surface area contributed by atoms with Crippen LogP contribution in [0.5, 0.6) is 0 Å². The minimum Gasteiger partial charge on any atom is -0.388 e. The molecule has 0 bridgehead atoms. The van der Waals surface area contributed by atoms with Crippen molar-refractivity contribution in [2.24, 2.45) is 0 Å². The number of aromatic nitrogens is 20. The van der Waals surface area contributed by atoms with Crippen LogP contribution in [-0.4, -0.2) is 369 Å². The molecule has 15 heterocycles. The van der Waals surface area contributed by atoms with Crippen molar-refractivity contribution in [2.75, 3.05) is 97.5 Å². The van der Waals surface area contributed by atoms with E-state index in [1.165, 1.54) is 13.7 Å². The number of nitrogens with zero attached hydrogens (tertiary/aromatic N) is 14. The molecule has 0 radical (unpaired) electrons. The third-order valence-electron chi connectivity index (χ3n) is 21.3. The van der Waals surface area contributed by atoms with E-state index in [-0.39, 0.29) is 71.4 Å². The average Bonchev–Trinajstić information content (AvgIpc) is 1.63. The van der Waals surface area contributed by atoms with Crippen LogP contribution in [0.1, 0.15) is 92.4 Å². The number of aromatic amines is 6. The van der Waals surface area contributed by atoms with Gasteiger partial charge in [0.2, 0.25) is 5.28 Å². The molecule has 10 aromatic rings. The fourth-order valence-corrected chi connectivity index (χ4v) is 21.4. The highest BCUT2D eigenvalue weighted by atomic mass is 127. The second kappa shape index (κ2) is 39.0. The molecule has 16 N–H and O–H groups in total. The van der Waals surface area contributed by atoms with Gasteiger partial charge >= 0.3 is 0 Å². The first-order valence-electron chi connectivity index (χ1n) is 39.6. The smallest absolute Gasteiger partial charge is 0.293 e. The Morgan fingerprint density at radius 3 is 0.976 bits per heavy atom. The van der Waals surface area contributed by atoms with Crippen molar-refractivity contribution in [2.45, 2.75) is 189 Å². The third-order valence-corrected chi connectivity index (χ3v) is 30.5. The van der Waals surface area contributed by atoms with Crippen LogP contribution in [0.3, 0.4) is 0 Å². The fraction of sp³-hybridized carbons (Fsp3) is 0.600. The molecule has 125 heavy (non-hydrogen) atoms. The van der Waals surface area contributed by atoms with Crippen molar-refractivity contribution in [1.29, 1.82) is 0 Å². The molecule has 0 unspecified atom stereocenters. The molecular formula is C75H111BrClFIN20O20P5S. The number of H-pyrrole nitrogens is 6. The van der Waals surface area contributed by atoms with E-state index in [1.54, 1.807) is 39.2 Å². The standard InChI is InChI=1S/C15H22BrN4O4P.C15H22ClN4O4P.C15H22FN4O4P.C15H22IN4O4P.C15H23N4O4PS/c4*1-7-17-12-9(13(23)18-7)19-15(16)20(12)14-11(22)10(21)8(24-14)5-6-25(2,3)4;1-7-16-12-9(13(22)17-7)18-15(25)19(12)14-11(21)10(20)8(23-14)5-6-24(2,3)4/h4*8,10-11,14,21-22H,2,5-6H2,1,3-4H3,(H,17,18,23);8,10-11,14,20-21H,2,5-6H2,1,3-4H3,(H,18,25)(H,16,17,22)/t5*8-,10-,11-,14-/m11111/s1. The largest absolute Gasteiger partial charge is 0.388 e. The van der Waals surface area contributed by atoms with Crippen molar-refractivity contribution in [1.82, 2.24) is 97.6 Å². The number of imidazole rings is 5. The van der Waals surface area contributed by atoms with Crippen molar-refractivity contribution in [3.8, 4) is 0 Å². The highest BCUT2D eigenvalue weighted by Crippen LogP contribution is 2.46. The summed E-state index contributed by atoms with van der Waals surface area (Å²) < 4.78 is 51.6. The summed E-state index contributed by atoms with van der Waals surface area (Å²) in [6.45, 7) is 22.8. The number of rotatable bonds is 20. The number of nitrogens with one attached hydrogen (secondary N) is 6. The Balaban J connectivity index is 0.000000152. The molecule has 0 aliphatic carbocycles. The molecule has 40 nitrogen and oxygen atoms in total. The number of ether oxygens (including phenoxy) is 5. The Hall–Kier alpha value is -5.70. The highest BCUT2D eigenvalue weighted by Gasteiger charge is 2.50. The first-order valence-corrected chi connectivity index (χ1v) is 57.6. The number of hydrogen-bond acceptors (Lipinski definition) is 30. The van der Waals surface area contributed by atoms with Crippen molar-refractivity contribution in [3.05, 3.63) is 106 Å². The Bertz CT molecular complexity index is 5730. The van der Waals surface area contributed by atoms with E-state index < -0.39 is 174 Å². The second-order valence-electron chi connectivity index (χ2n) is 35.4. The van der Waals surface area contributed by atoms with Gasteiger partial charge in [-0.05, 0) is 204 Å². The van der Waals surface area contributed by atoms with Gasteiger partial charge in [-0.25, -0.2) is 39.9 Å². The molecule has 0 amide bonds. The van der Waals surface area contributed by atoms with Crippen LogP contribution in [0.4, 0.5) is 4.39 Å². The number of aliphatic hydroxyl groups excluding tert-OH is 10. The Morgan fingerprint density at radius 1 is 0.376 bits per heavy atom. The molecule has 20 atom stereocenters. The zero-order valence-corrected chi connectivity index (χ0v) is 81.4. The fourth-order valence-electron chi connectivity index (χ4n) is 14.8. The molecule has 5 saturated heterocycles. The van der Waals surface area contributed by atoms with Gasteiger partial charge in [-0.3, -0.25) is 46.8 Å². The first kappa shape index (κ1) is 99.9. The maximum absolute atomic E-state index is 14.4. The van der Waals surface area contributed by atoms with Gasteiger partial charge in [-0.15, -0.1) is 65.9 Å². The maximum Gasteiger partial charge on any atom is 0.293 e. The SMILES string of the molecule is C=P(C)(C)CC[C@H]1O[C@@H](n2c(=S)[nH]c3c(=O)[nH]c(C)nc32)[C@H](O)[C@@H]1O.C=P(C)(C)CC[C@H]1O[C@@H](n2c(Br)nc3c(=O)[nH]c(C)nc32)[C@H](O)[C@@H]1O.C=P(C)(C)CC[C@H]1O[C@@H](n2c(Cl)nc3c(=O)[nH]c(C)nc32)[C@H](O)[C@@H]1O.C=P(C)(C)CC[C@H]1O[C@@H](n2c(F)nc3c(=O)[nH]c(C)nc32)[C@H](O)[C@@H]1O.C=P(C)(C)CC[C@H]1O[C@@H](n2c(I)nc3c(=O)[nH]c(C)nc32)[C@H](O)[C@@H]1O. The van der Waals surface area contributed by atoms with Crippen molar-refractivity contribution < 1.29 is 79.1 Å². The lowest BCUT2D eigenvalue weighted by molar-refractivity contribution is -0.0413. The van der Waals surface area contributed by atoms with Gasteiger partial charge in [-0.1, -0.05) is 0 Å². The van der Waals surface area contributed by atoms with Crippen molar-refractivity contribution in [3.63, 3.8) is 0 Å². The third kappa shape index (κ3) is 22.9. The Morgan fingerprint density at radius 2 is 0.632 bits per heavy atom. The summed E-state index contributed by atoms with van der Waals surface area (Å²) in [5.41, 5.74) is -0.480. The molecule has 10 aromatic heterocycles. The number of aryl methyl sites for hydroxylation is 5. The lowest BCUT2D eigenvalue weighted by Gasteiger charge is -2.19. The molecule has 15 rings (SSSR count).